The van der Waals surface area contributed by atoms with Crippen LogP contribution in [0.1, 0.15) is 53.3 Å². The van der Waals surface area contributed by atoms with Crippen molar-refractivity contribution in [3.8, 4) is 28.4 Å². The topological polar surface area (TPSA) is 51.2 Å². The van der Waals surface area contributed by atoms with Crippen molar-refractivity contribution in [3.63, 3.8) is 0 Å². The van der Waals surface area contributed by atoms with Crippen LogP contribution in [0, 0.1) is 6.92 Å². The number of hydrogen-bond donors (Lipinski definition) is 1. The molecule has 6 rings (SSSR count). The monoisotopic (exact) mass is 613 g/mol. The predicted octanol–water partition coefficient (Wildman–Crippen LogP) is 8.92. The molecule has 5 aromatic rings. The van der Waals surface area contributed by atoms with Crippen molar-refractivity contribution >= 4 is 16.8 Å². The fourth-order valence-electron chi connectivity index (χ4n) is 7.10. The molecule has 0 unspecified atom stereocenters. The van der Waals surface area contributed by atoms with Gasteiger partial charge in [-0.05, 0) is 84.2 Å². The van der Waals surface area contributed by atoms with E-state index in [-0.39, 0.29) is 12.6 Å². The molecule has 0 saturated carbocycles. The summed E-state index contributed by atoms with van der Waals surface area (Å²) in [6.07, 6.45) is 4.77. The van der Waals surface area contributed by atoms with Crippen molar-refractivity contribution in [2.24, 2.45) is 0 Å². The van der Waals surface area contributed by atoms with E-state index in [0.29, 0.717) is 12.6 Å². The lowest BCUT2D eigenvalue weighted by Gasteiger charge is -2.42. The zero-order chi connectivity index (χ0) is 32.2. The van der Waals surface area contributed by atoms with Gasteiger partial charge in [-0.3, -0.25) is 4.90 Å². The van der Waals surface area contributed by atoms with Crippen LogP contribution in [0.2, 0.25) is 0 Å². The summed E-state index contributed by atoms with van der Waals surface area (Å²) in [6, 6.07) is 31.9. The van der Waals surface area contributed by atoms with Gasteiger partial charge in [0.05, 0.1) is 26.2 Å². The highest BCUT2D eigenvalue weighted by molar-refractivity contribution is 6.06. The summed E-state index contributed by atoms with van der Waals surface area (Å²) in [5, 5.41) is 11.8. The summed E-state index contributed by atoms with van der Waals surface area (Å²) in [5.74, 6) is 2.43. The fourth-order valence-corrected chi connectivity index (χ4v) is 7.10. The van der Waals surface area contributed by atoms with E-state index in [0.717, 1.165) is 68.8 Å². The maximum absolute atomic E-state index is 9.85. The molecule has 5 nitrogen and oxygen atoms in total. The van der Waals surface area contributed by atoms with E-state index in [1.165, 1.54) is 16.7 Å². The standard InChI is InChI=1S/C41H43NO4/c1-27-22-37(45-5)40-33(19-12-20-36(40)44-4)38(27)35-24-32(18-13-21-43)34-23-28(2)42(25-30-14-8-6-9-15-30)29(3)39(34)41(35)46-26-31-16-10-7-11-17-31/h6-20,22,24,28-29,43H,21,23,25-26H2,1-5H3/b18-13+/t28-,29-/m1/s1. The highest BCUT2D eigenvalue weighted by Gasteiger charge is 2.35. The SMILES string of the molecule is COc1cccc2c(-c3cc(/C=C/CO)c4c(c3OCc3ccccc3)[C@@H](C)N(Cc3ccccc3)[C@H](C)C4)c(C)cc(OC)c12. The number of methoxy groups -OCH3 is 2. The second-order valence-electron chi connectivity index (χ2n) is 12.1. The average molecular weight is 614 g/mol. The molecule has 0 amide bonds. The minimum atomic E-state index is -0.0245. The van der Waals surface area contributed by atoms with Gasteiger partial charge in [0.15, 0.2) is 0 Å². The summed E-state index contributed by atoms with van der Waals surface area (Å²) in [5.41, 5.74) is 9.17. The summed E-state index contributed by atoms with van der Waals surface area (Å²) in [6.45, 7) is 8.01. The maximum Gasteiger partial charge on any atom is 0.132 e. The van der Waals surface area contributed by atoms with Crippen molar-refractivity contribution in [2.75, 3.05) is 20.8 Å². The third-order valence-electron chi connectivity index (χ3n) is 9.27. The van der Waals surface area contributed by atoms with Crippen molar-refractivity contribution in [1.82, 2.24) is 4.90 Å². The van der Waals surface area contributed by atoms with Crippen LogP contribution < -0.4 is 14.2 Å². The largest absolute Gasteiger partial charge is 0.496 e. The van der Waals surface area contributed by atoms with Gasteiger partial charge < -0.3 is 19.3 Å². The van der Waals surface area contributed by atoms with Gasteiger partial charge in [0, 0.05) is 29.8 Å². The molecule has 0 radical (unpaired) electrons. The second-order valence-corrected chi connectivity index (χ2v) is 12.1. The number of rotatable bonds is 10. The molecule has 1 aliphatic heterocycles. The lowest BCUT2D eigenvalue weighted by molar-refractivity contribution is 0.125. The summed E-state index contributed by atoms with van der Waals surface area (Å²) in [7, 11) is 3.40. The van der Waals surface area contributed by atoms with E-state index in [1.807, 2.05) is 24.3 Å². The zero-order valence-corrected chi connectivity index (χ0v) is 27.4. The van der Waals surface area contributed by atoms with Gasteiger partial charge in [0.25, 0.3) is 0 Å². The Balaban J connectivity index is 1.64. The van der Waals surface area contributed by atoms with Crippen LogP contribution in [0.25, 0.3) is 28.0 Å². The molecule has 0 aromatic heterocycles. The molecule has 0 aliphatic carbocycles. The highest BCUT2D eigenvalue weighted by Crippen LogP contribution is 2.50. The first kappa shape index (κ1) is 31.4. The van der Waals surface area contributed by atoms with Crippen LogP contribution in [-0.2, 0) is 19.6 Å². The third-order valence-corrected chi connectivity index (χ3v) is 9.27. The summed E-state index contributed by atoms with van der Waals surface area (Å²) in [4.78, 5) is 2.58. The van der Waals surface area contributed by atoms with E-state index >= 15 is 0 Å². The molecular weight excluding hydrogens is 570 g/mol. The van der Waals surface area contributed by atoms with Crippen LogP contribution in [0.5, 0.6) is 17.2 Å². The number of fused-ring (bicyclic) bond motifs is 2. The maximum atomic E-state index is 9.85. The Morgan fingerprint density at radius 3 is 2.22 bits per heavy atom. The number of aliphatic hydroxyl groups excluding tert-OH is 1. The van der Waals surface area contributed by atoms with Crippen molar-refractivity contribution in [1.29, 1.82) is 0 Å². The minimum absolute atomic E-state index is 0.0245. The molecule has 0 bridgehead atoms. The normalized spacial score (nSPS) is 16.5. The first-order valence-electron chi connectivity index (χ1n) is 16.0. The Bertz CT molecular complexity index is 1850. The number of hydrogen-bond acceptors (Lipinski definition) is 5. The number of aryl methyl sites for hydroxylation is 1. The van der Waals surface area contributed by atoms with Gasteiger partial charge in [-0.2, -0.15) is 0 Å². The van der Waals surface area contributed by atoms with Gasteiger partial charge in [0.1, 0.15) is 23.9 Å². The van der Waals surface area contributed by atoms with Crippen LogP contribution in [0.4, 0.5) is 0 Å². The second kappa shape index (κ2) is 13.8. The Hall–Kier alpha value is -4.58. The van der Waals surface area contributed by atoms with Gasteiger partial charge in [-0.15, -0.1) is 0 Å². The van der Waals surface area contributed by atoms with Crippen LogP contribution in [-0.4, -0.2) is 36.9 Å². The smallest absolute Gasteiger partial charge is 0.132 e. The molecule has 1 heterocycles. The molecule has 236 valence electrons. The molecule has 0 saturated heterocycles. The Kier molecular flexibility index (Phi) is 9.43. The first-order valence-corrected chi connectivity index (χ1v) is 16.0. The number of nitrogens with zero attached hydrogens (tertiary/aromatic N) is 1. The molecule has 5 heteroatoms. The van der Waals surface area contributed by atoms with E-state index in [1.54, 1.807) is 14.2 Å². The summed E-state index contributed by atoms with van der Waals surface area (Å²) < 4.78 is 18.7. The van der Waals surface area contributed by atoms with Crippen LogP contribution in [0.3, 0.4) is 0 Å². The van der Waals surface area contributed by atoms with Gasteiger partial charge in [-0.25, -0.2) is 0 Å². The van der Waals surface area contributed by atoms with Gasteiger partial charge in [0.2, 0.25) is 0 Å². The molecule has 46 heavy (non-hydrogen) atoms. The molecule has 5 aromatic carbocycles. The van der Waals surface area contributed by atoms with E-state index in [9.17, 15) is 5.11 Å². The Labute approximate surface area is 272 Å². The zero-order valence-electron chi connectivity index (χ0n) is 27.4. The molecular formula is C41H43NO4. The van der Waals surface area contributed by atoms with Crippen molar-refractivity contribution in [3.05, 3.63) is 130 Å². The van der Waals surface area contributed by atoms with Crippen LogP contribution >= 0.6 is 0 Å². The van der Waals surface area contributed by atoms with E-state index in [4.69, 9.17) is 14.2 Å². The fraction of sp³-hybridized carbons (Fsp3) is 0.268. The van der Waals surface area contributed by atoms with Crippen molar-refractivity contribution < 1.29 is 19.3 Å². The first-order chi connectivity index (χ1) is 22.4. The van der Waals surface area contributed by atoms with E-state index in [2.05, 4.69) is 105 Å². The molecule has 1 N–H and O–H groups in total. The van der Waals surface area contributed by atoms with Gasteiger partial charge in [-0.1, -0.05) is 84.9 Å². The third kappa shape index (κ3) is 6.01. The van der Waals surface area contributed by atoms with Gasteiger partial charge >= 0.3 is 0 Å². The molecule has 2 atom stereocenters. The lowest BCUT2D eigenvalue weighted by Crippen LogP contribution is -2.41. The van der Waals surface area contributed by atoms with Crippen LogP contribution in [0.15, 0.2) is 97.1 Å². The Morgan fingerprint density at radius 1 is 0.848 bits per heavy atom. The lowest BCUT2D eigenvalue weighted by atomic mass is 9.81. The molecule has 0 fully saturated rings. The summed E-state index contributed by atoms with van der Waals surface area (Å²) >= 11 is 0. The quantitative estimate of drug-likeness (QED) is 0.170. The van der Waals surface area contributed by atoms with Crippen molar-refractivity contribution in [2.45, 2.75) is 52.4 Å². The molecule has 1 aliphatic rings. The number of ether oxygens (including phenoxy) is 3. The number of benzene rings is 5. The van der Waals surface area contributed by atoms with E-state index < -0.39 is 0 Å². The Morgan fingerprint density at radius 2 is 1.54 bits per heavy atom. The highest BCUT2D eigenvalue weighted by atomic mass is 16.5. The minimum Gasteiger partial charge on any atom is -0.496 e. The molecule has 0 spiro atoms. The number of aliphatic hydroxyl groups is 1. The predicted molar refractivity (Wildman–Crippen MR) is 188 cm³/mol. The average Bonchev–Trinajstić information content (AvgIpc) is 3.08.